The molecular formula is C27H40O3. The smallest absolute Gasteiger partial charge is 0.126 e. The molecule has 166 valence electrons. The van der Waals surface area contributed by atoms with Crippen molar-refractivity contribution >= 4 is 0 Å². The van der Waals surface area contributed by atoms with Gasteiger partial charge in [-0.1, -0.05) is 34.9 Å². The van der Waals surface area contributed by atoms with Crippen molar-refractivity contribution in [1.82, 2.24) is 0 Å². The van der Waals surface area contributed by atoms with Gasteiger partial charge in [-0.3, -0.25) is 0 Å². The predicted octanol–water partition coefficient (Wildman–Crippen LogP) is 6.81. The summed E-state index contributed by atoms with van der Waals surface area (Å²) in [5, 5.41) is 19.4. The zero-order valence-corrected chi connectivity index (χ0v) is 19.7. The minimum atomic E-state index is -0.152. The van der Waals surface area contributed by atoms with Gasteiger partial charge in [0, 0.05) is 5.92 Å². The third kappa shape index (κ3) is 7.05. The Labute approximate surface area is 183 Å². The van der Waals surface area contributed by atoms with Gasteiger partial charge in [0.25, 0.3) is 0 Å². The molecule has 3 heteroatoms. The first-order valence-corrected chi connectivity index (χ1v) is 11.2. The topological polar surface area (TPSA) is 49.7 Å². The number of rotatable bonds is 9. The Morgan fingerprint density at radius 3 is 2.57 bits per heavy atom. The van der Waals surface area contributed by atoms with Crippen LogP contribution in [-0.4, -0.2) is 22.4 Å². The molecule has 2 atom stereocenters. The summed E-state index contributed by atoms with van der Waals surface area (Å²) in [5.74, 6) is 1.42. The molecule has 1 aliphatic rings. The van der Waals surface area contributed by atoms with Crippen molar-refractivity contribution in [3.05, 3.63) is 58.2 Å². The molecule has 30 heavy (non-hydrogen) atoms. The lowest BCUT2D eigenvalue weighted by Gasteiger charge is -2.36. The molecule has 0 unspecified atom stereocenters. The number of aromatic hydroxyl groups is 1. The average Bonchev–Trinajstić information content (AvgIpc) is 2.66. The van der Waals surface area contributed by atoms with Gasteiger partial charge >= 0.3 is 0 Å². The van der Waals surface area contributed by atoms with Crippen molar-refractivity contribution in [2.75, 3.05) is 6.61 Å². The van der Waals surface area contributed by atoms with Gasteiger partial charge in [0.05, 0.1) is 6.61 Å². The van der Waals surface area contributed by atoms with Gasteiger partial charge in [-0.05, 0) is 103 Å². The molecule has 0 amide bonds. The maximum Gasteiger partial charge on any atom is 0.126 e. The van der Waals surface area contributed by atoms with Crippen LogP contribution >= 0.6 is 0 Å². The molecule has 1 aromatic rings. The first-order chi connectivity index (χ1) is 14.1. The van der Waals surface area contributed by atoms with Crippen LogP contribution in [0.4, 0.5) is 0 Å². The fourth-order valence-corrected chi connectivity index (χ4v) is 4.17. The van der Waals surface area contributed by atoms with Gasteiger partial charge in [0.1, 0.15) is 17.1 Å². The minimum Gasteiger partial charge on any atom is -0.508 e. The lowest BCUT2D eigenvalue weighted by molar-refractivity contribution is 0.0561. The van der Waals surface area contributed by atoms with Gasteiger partial charge in [-0.15, -0.1) is 0 Å². The molecule has 0 radical (unpaired) electrons. The molecule has 0 saturated heterocycles. The van der Waals surface area contributed by atoms with Gasteiger partial charge in [0.2, 0.25) is 0 Å². The van der Waals surface area contributed by atoms with Crippen LogP contribution in [0.25, 0.3) is 0 Å². The van der Waals surface area contributed by atoms with Crippen LogP contribution in [0.1, 0.15) is 77.8 Å². The number of aliphatic hydroxyl groups excluding tert-OH is 1. The average molecular weight is 413 g/mol. The normalized spacial score (nSPS) is 20.4. The molecule has 0 spiro atoms. The molecule has 0 aromatic heterocycles. The Balaban J connectivity index is 1.86. The van der Waals surface area contributed by atoms with Crippen molar-refractivity contribution in [2.24, 2.45) is 5.92 Å². The zero-order valence-electron chi connectivity index (χ0n) is 19.7. The number of phenolic OH excluding ortho intramolecular Hbond substituents is 1. The number of allylic oxidation sites excluding steroid dienone is 4. The second-order valence-corrected chi connectivity index (χ2v) is 9.41. The SMILES string of the molecule is CC(C)=C[C@@H](CO)/C(C)=C/CC/C(C)=C/CC[C@]1(C)CCc2cc(O)cc(C)c2O1. The highest BCUT2D eigenvalue weighted by Crippen LogP contribution is 2.39. The highest BCUT2D eigenvalue weighted by molar-refractivity contribution is 5.47. The summed E-state index contributed by atoms with van der Waals surface area (Å²) in [5.41, 5.74) is 5.87. The predicted molar refractivity (Wildman–Crippen MR) is 126 cm³/mol. The number of fused-ring (bicyclic) bond motifs is 1. The van der Waals surface area contributed by atoms with E-state index in [1.807, 2.05) is 13.0 Å². The monoisotopic (exact) mass is 412 g/mol. The summed E-state index contributed by atoms with van der Waals surface area (Å²) in [7, 11) is 0. The maximum atomic E-state index is 9.81. The van der Waals surface area contributed by atoms with Gasteiger partial charge in [-0.25, -0.2) is 0 Å². The maximum absolute atomic E-state index is 9.81. The second-order valence-electron chi connectivity index (χ2n) is 9.41. The fraction of sp³-hybridized carbons (Fsp3) is 0.556. The van der Waals surface area contributed by atoms with E-state index in [1.165, 1.54) is 16.7 Å². The number of benzene rings is 1. The molecule has 1 aliphatic heterocycles. The van der Waals surface area contributed by atoms with E-state index >= 15 is 0 Å². The van der Waals surface area contributed by atoms with Gasteiger partial charge < -0.3 is 14.9 Å². The van der Waals surface area contributed by atoms with E-state index in [0.29, 0.717) is 5.75 Å². The number of hydrogen-bond donors (Lipinski definition) is 2. The van der Waals surface area contributed by atoms with E-state index in [-0.39, 0.29) is 18.1 Å². The molecule has 2 rings (SSSR count). The first-order valence-electron chi connectivity index (χ1n) is 11.2. The number of hydrogen-bond acceptors (Lipinski definition) is 3. The third-order valence-electron chi connectivity index (χ3n) is 6.09. The van der Waals surface area contributed by atoms with Crippen molar-refractivity contribution in [1.29, 1.82) is 0 Å². The number of aliphatic hydroxyl groups is 1. The second kappa shape index (κ2) is 10.9. The quantitative estimate of drug-likeness (QED) is 0.438. The van der Waals surface area contributed by atoms with E-state index in [4.69, 9.17) is 4.74 Å². The van der Waals surface area contributed by atoms with Crippen molar-refractivity contribution < 1.29 is 14.9 Å². The highest BCUT2D eigenvalue weighted by atomic mass is 16.5. The van der Waals surface area contributed by atoms with E-state index < -0.39 is 0 Å². The highest BCUT2D eigenvalue weighted by Gasteiger charge is 2.31. The molecular weight excluding hydrogens is 372 g/mol. The van der Waals surface area contributed by atoms with Crippen LogP contribution in [0.5, 0.6) is 11.5 Å². The summed E-state index contributed by atoms with van der Waals surface area (Å²) in [6.45, 7) is 12.8. The van der Waals surface area contributed by atoms with Crippen LogP contribution in [-0.2, 0) is 6.42 Å². The van der Waals surface area contributed by atoms with Crippen molar-refractivity contribution in [2.45, 2.75) is 85.7 Å². The molecule has 0 fully saturated rings. The molecule has 0 saturated carbocycles. The summed E-state index contributed by atoms with van der Waals surface area (Å²) in [6.07, 6.45) is 12.7. The number of phenols is 1. The Hall–Kier alpha value is -2.00. The summed E-state index contributed by atoms with van der Waals surface area (Å²) in [4.78, 5) is 0. The van der Waals surface area contributed by atoms with E-state index in [1.54, 1.807) is 6.07 Å². The summed E-state index contributed by atoms with van der Waals surface area (Å²) < 4.78 is 6.39. The van der Waals surface area contributed by atoms with Gasteiger partial charge in [0.15, 0.2) is 0 Å². The molecule has 3 nitrogen and oxygen atoms in total. The minimum absolute atomic E-state index is 0.135. The van der Waals surface area contributed by atoms with Crippen molar-refractivity contribution in [3.63, 3.8) is 0 Å². The van der Waals surface area contributed by atoms with E-state index in [2.05, 4.69) is 52.8 Å². The Bertz CT molecular complexity index is 812. The standard InChI is InChI=1S/C27H40O3/c1-19(2)15-24(18-28)21(4)11-7-9-20(3)10-8-13-27(6)14-12-23-17-25(29)16-22(5)26(23)30-27/h10-11,15-17,24,28-29H,7-9,12-14,18H2,1-6H3/b20-10+,21-11+/t24-,27+/m0/s1. The Morgan fingerprint density at radius 1 is 1.17 bits per heavy atom. The van der Waals surface area contributed by atoms with Crippen LogP contribution in [0.2, 0.25) is 0 Å². The van der Waals surface area contributed by atoms with E-state index in [9.17, 15) is 10.2 Å². The molecule has 0 bridgehead atoms. The summed E-state index contributed by atoms with van der Waals surface area (Å²) in [6, 6.07) is 3.61. The largest absolute Gasteiger partial charge is 0.508 e. The van der Waals surface area contributed by atoms with Crippen LogP contribution in [0, 0.1) is 12.8 Å². The van der Waals surface area contributed by atoms with Crippen LogP contribution < -0.4 is 4.74 Å². The molecule has 0 aliphatic carbocycles. The first kappa shape index (κ1) is 24.3. The lowest BCUT2D eigenvalue weighted by atomic mass is 9.87. The Morgan fingerprint density at radius 2 is 1.90 bits per heavy atom. The van der Waals surface area contributed by atoms with Crippen LogP contribution in [0.3, 0.4) is 0 Å². The van der Waals surface area contributed by atoms with Crippen LogP contribution in [0.15, 0.2) is 47.1 Å². The number of aryl methyl sites for hydroxylation is 2. The van der Waals surface area contributed by atoms with E-state index in [0.717, 1.165) is 55.4 Å². The number of ether oxygens (including phenoxy) is 1. The van der Waals surface area contributed by atoms with Gasteiger partial charge in [-0.2, -0.15) is 0 Å². The zero-order chi connectivity index (χ0) is 22.3. The van der Waals surface area contributed by atoms with Crippen molar-refractivity contribution in [3.8, 4) is 11.5 Å². The fourth-order valence-electron chi connectivity index (χ4n) is 4.17. The molecule has 1 aromatic carbocycles. The third-order valence-corrected chi connectivity index (χ3v) is 6.09. The lowest BCUT2D eigenvalue weighted by Crippen LogP contribution is -2.36. The molecule has 2 N–H and O–H groups in total. The molecule has 1 heterocycles. The Kier molecular flexibility index (Phi) is 8.78. The summed E-state index contributed by atoms with van der Waals surface area (Å²) >= 11 is 0.